The number of hydrogen-bond donors (Lipinski definition) is 2. The van der Waals surface area contributed by atoms with E-state index >= 15 is 0 Å². The predicted octanol–water partition coefficient (Wildman–Crippen LogP) is 2.65. The summed E-state index contributed by atoms with van der Waals surface area (Å²) in [5, 5.41) is 7.18. The fourth-order valence-electron chi connectivity index (χ4n) is 2.23. The molecular weight excluding hydrogens is 196 g/mol. The van der Waals surface area contributed by atoms with Gasteiger partial charge < -0.3 is 10.6 Å². The van der Waals surface area contributed by atoms with Crippen molar-refractivity contribution in [1.29, 1.82) is 0 Å². The molecule has 0 amide bonds. The maximum absolute atomic E-state index is 3.69. The van der Waals surface area contributed by atoms with Crippen molar-refractivity contribution in [3.8, 4) is 0 Å². The Hall–Kier alpha value is -0.0800. The van der Waals surface area contributed by atoms with Crippen molar-refractivity contribution < 1.29 is 0 Å². The quantitative estimate of drug-likeness (QED) is 0.753. The molecule has 0 aliphatic carbocycles. The molecule has 2 atom stereocenters. The average Bonchev–Trinajstić information content (AvgIpc) is 2.66. The van der Waals surface area contributed by atoms with E-state index in [4.69, 9.17) is 0 Å². The molecule has 1 rings (SSSR count). The molecular formula is C14H30N2. The first-order chi connectivity index (χ1) is 7.40. The molecule has 0 spiro atoms. The number of rotatable bonds is 5. The molecule has 0 aromatic carbocycles. The second-order valence-corrected chi connectivity index (χ2v) is 6.68. The van der Waals surface area contributed by atoms with Gasteiger partial charge in [-0.25, -0.2) is 0 Å². The molecule has 2 N–H and O–H groups in total. The second-order valence-electron chi connectivity index (χ2n) is 6.68. The highest BCUT2D eigenvalue weighted by molar-refractivity contribution is 4.88. The highest BCUT2D eigenvalue weighted by Crippen LogP contribution is 2.29. The summed E-state index contributed by atoms with van der Waals surface area (Å²) in [7, 11) is 0. The van der Waals surface area contributed by atoms with Gasteiger partial charge in [0.2, 0.25) is 0 Å². The van der Waals surface area contributed by atoms with Gasteiger partial charge in [0.15, 0.2) is 0 Å². The van der Waals surface area contributed by atoms with E-state index in [0.717, 1.165) is 12.5 Å². The summed E-state index contributed by atoms with van der Waals surface area (Å²) in [6.45, 7) is 16.4. The van der Waals surface area contributed by atoms with Crippen molar-refractivity contribution in [2.45, 2.75) is 47.5 Å². The van der Waals surface area contributed by atoms with Gasteiger partial charge in [-0.1, -0.05) is 34.6 Å². The second kappa shape index (κ2) is 5.50. The van der Waals surface area contributed by atoms with Crippen molar-refractivity contribution in [3.05, 3.63) is 0 Å². The zero-order chi connectivity index (χ0) is 12.2. The molecule has 0 bridgehead atoms. The molecule has 1 heterocycles. The number of hydrogen-bond acceptors (Lipinski definition) is 2. The van der Waals surface area contributed by atoms with Gasteiger partial charge in [0.1, 0.15) is 0 Å². The zero-order valence-electron chi connectivity index (χ0n) is 11.8. The third kappa shape index (κ3) is 3.74. The van der Waals surface area contributed by atoms with Crippen molar-refractivity contribution in [3.63, 3.8) is 0 Å². The van der Waals surface area contributed by atoms with Crippen molar-refractivity contribution in [1.82, 2.24) is 10.6 Å². The Kier molecular flexibility index (Phi) is 4.81. The first-order valence-electron chi connectivity index (χ1n) is 6.81. The highest BCUT2D eigenvalue weighted by Gasteiger charge is 2.31. The fourth-order valence-corrected chi connectivity index (χ4v) is 2.23. The molecule has 0 radical (unpaired) electrons. The summed E-state index contributed by atoms with van der Waals surface area (Å²) in [6, 6.07) is 0. The van der Waals surface area contributed by atoms with E-state index in [1.165, 1.54) is 32.5 Å². The zero-order valence-corrected chi connectivity index (χ0v) is 11.8. The van der Waals surface area contributed by atoms with E-state index in [9.17, 15) is 0 Å². The molecule has 16 heavy (non-hydrogen) atoms. The van der Waals surface area contributed by atoms with E-state index in [1.807, 2.05) is 0 Å². The van der Waals surface area contributed by atoms with Gasteiger partial charge >= 0.3 is 0 Å². The van der Waals surface area contributed by atoms with Crippen LogP contribution in [0.5, 0.6) is 0 Å². The molecule has 1 saturated heterocycles. The van der Waals surface area contributed by atoms with Gasteiger partial charge in [0.25, 0.3) is 0 Å². The smallest absolute Gasteiger partial charge is 0.00205 e. The predicted molar refractivity (Wildman–Crippen MR) is 71.7 cm³/mol. The van der Waals surface area contributed by atoms with Crippen molar-refractivity contribution in [2.75, 3.05) is 26.2 Å². The molecule has 1 aliphatic heterocycles. The highest BCUT2D eigenvalue weighted by atomic mass is 15.0. The lowest BCUT2D eigenvalue weighted by molar-refractivity contribution is 0.228. The van der Waals surface area contributed by atoms with Crippen LogP contribution < -0.4 is 10.6 Å². The Morgan fingerprint density at radius 1 is 1.38 bits per heavy atom. The minimum atomic E-state index is 0.417. The summed E-state index contributed by atoms with van der Waals surface area (Å²) in [5.74, 6) is 0.732. The van der Waals surface area contributed by atoms with Crippen LogP contribution in [0.1, 0.15) is 47.5 Å². The first kappa shape index (κ1) is 14.0. The Morgan fingerprint density at radius 2 is 2.06 bits per heavy atom. The van der Waals surface area contributed by atoms with Gasteiger partial charge in [-0.05, 0) is 42.7 Å². The van der Waals surface area contributed by atoms with E-state index in [2.05, 4.69) is 45.3 Å². The van der Waals surface area contributed by atoms with Crippen LogP contribution in [0.2, 0.25) is 0 Å². The summed E-state index contributed by atoms with van der Waals surface area (Å²) < 4.78 is 0. The lowest BCUT2D eigenvalue weighted by atomic mass is 9.81. The van der Waals surface area contributed by atoms with E-state index in [0.29, 0.717) is 10.8 Å². The van der Waals surface area contributed by atoms with E-state index < -0.39 is 0 Å². The average molecular weight is 226 g/mol. The lowest BCUT2D eigenvalue weighted by Crippen LogP contribution is -2.39. The molecule has 0 aromatic heterocycles. The molecule has 0 saturated carbocycles. The Balaban J connectivity index is 2.29. The largest absolute Gasteiger partial charge is 0.316 e. The third-order valence-electron chi connectivity index (χ3n) is 4.51. The normalized spacial score (nSPS) is 28.3. The molecule has 96 valence electrons. The van der Waals surface area contributed by atoms with Crippen LogP contribution in [-0.4, -0.2) is 26.2 Å². The summed E-state index contributed by atoms with van der Waals surface area (Å²) in [5.41, 5.74) is 0.942. The third-order valence-corrected chi connectivity index (χ3v) is 4.51. The Bertz CT molecular complexity index is 199. The Labute approximate surface area is 102 Å². The number of nitrogens with one attached hydrogen (secondary N) is 2. The minimum absolute atomic E-state index is 0.417. The van der Waals surface area contributed by atoms with Gasteiger partial charge in [0, 0.05) is 13.1 Å². The first-order valence-corrected chi connectivity index (χ1v) is 6.81. The molecule has 2 nitrogen and oxygen atoms in total. The Morgan fingerprint density at radius 3 is 2.50 bits per heavy atom. The van der Waals surface area contributed by atoms with Gasteiger partial charge in [-0.2, -0.15) is 0 Å². The van der Waals surface area contributed by atoms with Gasteiger partial charge in [-0.3, -0.25) is 0 Å². The molecule has 1 aliphatic rings. The fraction of sp³-hybridized carbons (Fsp3) is 1.00. The van der Waals surface area contributed by atoms with Gasteiger partial charge in [-0.15, -0.1) is 0 Å². The minimum Gasteiger partial charge on any atom is -0.316 e. The summed E-state index contributed by atoms with van der Waals surface area (Å²) >= 11 is 0. The van der Waals surface area contributed by atoms with Gasteiger partial charge in [0.05, 0.1) is 0 Å². The summed E-state index contributed by atoms with van der Waals surface area (Å²) in [4.78, 5) is 0. The van der Waals surface area contributed by atoms with Crippen LogP contribution in [-0.2, 0) is 0 Å². The van der Waals surface area contributed by atoms with E-state index in [-0.39, 0.29) is 0 Å². The SMILES string of the molecule is CCC1(CNCC(C)C(C)(C)C)CCNC1. The monoisotopic (exact) mass is 226 g/mol. The van der Waals surface area contributed by atoms with Crippen molar-refractivity contribution >= 4 is 0 Å². The van der Waals surface area contributed by atoms with E-state index in [1.54, 1.807) is 0 Å². The van der Waals surface area contributed by atoms with Crippen LogP contribution in [0.3, 0.4) is 0 Å². The van der Waals surface area contributed by atoms with Crippen LogP contribution >= 0.6 is 0 Å². The molecule has 0 aromatic rings. The maximum Gasteiger partial charge on any atom is 0.00205 e. The summed E-state index contributed by atoms with van der Waals surface area (Å²) in [6.07, 6.45) is 2.62. The topological polar surface area (TPSA) is 24.1 Å². The molecule has 1 fully saturated rings. The van der Waals surface area contributed by atoms with Crippen molar-refractivity contribution in [2.24, 2.45) is 16.7 Å². The molecule has 2 heteroatoms. The van der Waals surface area contributed by atoms with Crippen LogP contribution in [0.15, 0.2) is 0 Å². The lowest BCUT2D eigenvalue weighted by Gasteiger charge is -2.31. The van der Waals surface area contributed by atoms with Crippen LogP contribution in [0, 0.1) is 16.7 Å². The van der Waals surface area contributed by atoms with Crippen LogP contribution in [0.4, 0.5) is 0 Å². The van der Waals surface area contributed by atoms with Crippen LogP contribution in [0.25, 0.3) is 0 Å². The standard InChI is InChI=1S/C14H30N2/c1-6-14(7-8-15-10-14)11-16-9-12(2)13(3,4)5/h12,15-16H,6-11H2,1-5H3. The maximum atomic E-state index is 3.69. The molecule has 2 unspecified atom stereocenters.